The van der Waals surface area contributed by atoms with Gasteiger partial charge in [0.25, 0.3) is 0 Å². The lowest BCUT2D eigenvalue weighted by Gasteiger charge is -2.34. The summed E-state index contributed by atoms with van der Waals surface area (Å²) in [4.78, 5) is 2.49. The van der Waals surface area contributed by atoms with E-state index in [0.29, 0.717) is 12.5 Å². The zero-order valence-electron chi connectivity index (χ0n) is 11.4. The van der Waals surface area contributed by atoms with Gasteiger partial charge in [-0.2, -0.15) is 0 Å². The van der Waals surface area contributed by atoms with E-state index in [1.54, 1.807) is 0 Å². The average molecular weight is 243 g/mol. The van der Waals surface area contributed by atoms with Gasteiger partial charge >= 0.3 is 0 Å². The van der Waals surface area contributed by atoms with Gasteiger partial charge in [-0.25, -0.2) is 0 Å². The second-order valence-corrected chi connectivity index (χ2v) is 6.64. The molecule has 3 heteroatoms. The topological polar surface area (TPSA) is 12.5 Å². The molecule has 0 amide bonds. The van der Waals surface area contributed by atoms with E-state index in [-0.39, 0.29) is 18.2 Å². The lowest BCUT2D eigenvalue weighted by molar-refractivity contribution is -0.0283. The molecule has 1 heterocycles. The van der Waals surface area contributed by atoms with Crippen molar-refractivity contribution in [2.45, 2.75) is 51.7 Å². The van der Waals surface area contributed by atoms with E-state index in [4.69, 9.17) is 4.74 Å². The average Bonchev–Trinajstić information content (AvgIpc) is 2.54. The van der Waals surface area contributed by atoms with Crippen molar-refractivity contribution in [1.29, 1.82) is 0 Å². The summed E-state index contributed by atoms with van der Waals surface area (Å²) >= 11 is 0. The first-order chi connectivity index (χ1) is 7.99. The second kappa shape index (κ2) is 5.23. The Morgan fingerprint density at radius 2 is 1.82 bits per heavy atom. The van der Waals surface area contributed by atoms with Gasteiger partial charge in [0.1, 0.15) is 0 Å². The number of hydrogen-bond donors (Lipinski definition) is 0. The van der Waals surface area contributed by atoms with E-state index in [1.165, 1.54) is 19.3 Å². The van der Waals surface area contributed by atoms with E-state index >= 15 is 0 Å². The van der Waals surface area contributed by atoms with Crippen molar-refractivity contribution in [3.8, 4) is 0 Å². The highest BCUT2D eigenvalue weighted by Crippen LogP contribution is 2.33. The van der Waals surface area contributed by atoms with Crippen LogP contribution in [0.25, 0.3) is 0 Å². The monoisotopic (exact) mass is 243 g/mol. The lowest BCUT2D eigenvalue weighted by atomic mass is 9.92. The van der Waals surface area contributed by atoms with Crippen LogP contribution < -0.4 is 0 Å². The predicted molar refractivity (Wildman–Crippen MR) is 67.9 cm³/mol. The van der Waals surface area contributed by atoms with Crippen LogP contribution in [0.4, 0.5) is 4.39 Å². The summed E-state index contributed by atoms with van der Waals surface area (Å²) < 4.78 is 18.9. The van der Waals surface area contributed by atoms with Crippen molar-refractivity contribution in [2.24, 2.45) is 11.8 Å². The first-order valence-electron chi connectivity index (χ1n) is 6.93. The molecule has 0 aromatic rings. The predicted octanol–water partition coefficient (Wildman–Crippen LogP) is 2.87. The molecule has 0 aromatic carbocycles. The number of alkyl halides is 1. The summed E-state index contributed by atoms with van der Waals surface area (Å²) in [5.41, 5.74) is -0.106. The van der Waals surface area contributed by atoms with Gasteiger partial charge in [-0.1, -0.05) is 6.42 Å². The van der Waals surface area contributed by atoms with Gasteiger partial charge in [0.05, 0.1) is 18.9 Å². The largest absolute Gasteiger partial charge is 0.376 e. The molecule has 0 radical (unpaired) electrons. The highest BCUT2D eigenvalue weighted by molar-refractivity contribution is 4.90. The van der Waals surface area contributed by atoms with Crippen molar-refractivity contribution in [3.63, 3.8) is 0 Å². The smallest absolute Gasteiger partial charge is 0.0938 e. The molecule has 0 unspecified atom stereocenters. The molecule has 0 bridgehead atoms. The van der Waals surface area contributed by atoms with Crippen molar-refractivity contribution < 1.29 is 9.13 Å². The molecular weight excluding hydrogens is 217 g/mol. The molecule has 17 heavy (non-hydrogen) atoms. The van der Waals surface area contributed by atoms with Crippen LogP contribution >= 0.6 is 0 Å². The van der Waals surface area contributed by atoms with Crippen LogP contribution in [0.2, 0.25) is 0 Å². The molecule has 100 valence electrons. The Hall–Kier alpha value is -0.150. The van der Waals surface area contributed by atoms with Crippen LogP contribution in [0.1, 0.15) is 40.0 Å². The van der Waals surface area contributed by atoms with Crippen molar-refractivity contribution in [2.75, 3.05) is 26.4 Å². The molecule has 2 aliphatic rings. The fourth-order valence-corrected chi connectivity index (χ4v) is 2.75. The first-order valence-corrected chi connectivity index (χ1v) is 6.93. The molecule has 0 aromatic heterocycles. The summed E-state index contributed by atoms with van der Waals surface area (Å²) in [6.45, 7) is 8.69. The van der Waals surface area contributed by atoms with E-state index in [9.17, 15) is 4.39 Å². The third-order valence-electron chi connectivity index (χ3n) is 4.12. The second-order valence-electron chi connectivity index (χ2n) is 6.64. The van der Waals surface area contributed by atoms with Gasteiger partial charge in [-0.3, -0.25) is 9.29 Å². The van der Waals surface area contributed by atoms with Gasteiger partial charge < -0.3 is 4.74 Å². The van der Waals surface area contributed by atoms with Crippen LogP contribution in [0.5, 0.6) is 0 Å². The normalized spacial score (nSPS) is 31.8. The molecule has 1 aliphatic carbocycles. The molecule has 0 N–H and O–H groups in total. The highest BCUT2D eigenvalue weighted by atomic mass is 19.1. The molecule has 1 aliphatic heterocycles. The summed E-state index contributed by atoms with van der Waals surface area (Å²) in [5, 5.41) is 0. The lowest BCUT2D eigenvalue weighted by Crippen LogP contribution is -2.39. The van der Waals surface area contributed by atoms with Gasteiger partial charge in [0.2, 0.25) is 0 Å². The highest BCUT2D eigenvalue weighted by Gasteiger charge is 2.38. The fraction of sp³-hybridized carbons (Fsp3) is 1.00. The fourth-order valence-electron chi connectivity index (χ4n) is 2.75. The van der Waals surface area contributed by atoms with Crippen molar-refractivity contribution in [1.82, 2.24) is 4.90 Å². The number of likely N-dealkylation sites (tertiary alicyclic amines) is 1. The molecule has 2 atom stereocenters. The quantitative estimate of drug-likeness (QED) is 0.753. The van der Waals surface area contributed by atoms with Crippen LogP contribution in [0, 0.1) is 11.8 Å². The molecular formula is C14H26FNO. The van der Waals surface area contributed by atoms with E-state index in [0.717, 1.165) is 19.1 Å². The minimum atomic E-state index is -0.193. The van der Waals surface area contributed by atoms with Gasteiger partial charge in [-0.05, 0) is 33.6 Å². The van der Waals surface area contributed by atoms with E-state index < -0.39 is 0 Å². The van der Waals surface area contributed by atoms with Crippen molar-refractivity contribution >= 4 is 0 Å². The minimum absolute atomic E-state index is 0.106. The standard InChI is InChI=1S/C14H26FNO/c1-14(2,3)17-10-12-9-16(8-11(12)7-15)13-5-4-6-13/h11-13H,4-10H2,1-3H3/t11-,12+/m0/s1. The van der Waals surface area contributed by atoms with E-state index in [2.05, 4.69) is 25.7 Å². The zero-order chi connectivity index (χ0) is 12.5. The van der Waals surface area contributed by atoms with Crippen LogP contribution in [0.3, 0.4) is 0 Å². The third kappa shape index (κ3) is 3.41. The number of rotatable bonds is 4. The Kier molecular flexibility index (Phi) is 4.09. The number of nitrogens with zero attached hydrogens (tertiary/aromatic N) is 1. The molecule has 1 saturated carbocycles. The first kappa shape index (κ1) is 13.3. The summed E-state index contributed by atoms with van der Waals surface area (Å²) in [7, 11) is 0. The summed E-state index contributed by atoms with van der Waals surface area (Å²) in [5.74, 6) is 0.581. The Morgan fingerprint density at radius 1 is 1.18 bits per heavy atom. The molecule has 1 saturated heterocycles. The Labute approximate surface area is 105 Å². The maximum Gasteiger partial charge on any atom is 0.0938 e. The van der Waals surface area contributed by atoms with Crippen LogP contribution in [-0.2, 0) is 4.74 Å². The van der Waals surface area contributed by atoms with Crippen LogP contribution in [0.15, 0.2) is 0 Å². The maximum absolute atomic E-state index is 13.0. The summed E-state index contributed by atoms with van der Waals surface area (Å²) in [6, 6.07) is 0.740. The SMILES string of the molecule is CC(C)(C)OC[C@H]1CN(C2CCC2)C[C@@H]1CF. The molecule has 2 fully saturated rings. The maximum atomic E-state index is 13.0. The number of halogens is 1. The van der Waals surface area contributed by atoms with Crippen LogP contribution in [-0.4, -0.2) is 42.9 Å². The number of ether oxygens (including phenoxy) is 1. The molecule has 2 rings (SSSR count). The minimum Gasteiger partial charge on any atom is -0.376 e. The van der Waals surface area contributed by atoms with Crippen molar-refractivity contribution in [3.05, 3.63) is 0 Å². The Morgan fingerprint density at radius 3 is 2.29 bits per heavy atom. The summed E-state index contributed by atoms with van der Waals surface area (Å²) in [6.07, 6.45) is 3.97. The molecule has 0 spiro atoms. The Bertz CT molecular complexity index is 247. The third-order valence-corrected chi connectivity index (χ3v) is 4.12. The van der Waals surface area contributed by atoms with Gasteiger partial charge in [0.15, 0.2) is 0 Å². The zero-order valence-corrected chi connectivity index (χ0v) is 11.4. The molecule has 2 nitrogen and oxygen atoms in total. The Balaban J connectivity index is 1.83. The van der Waals surface area contributed by atoms with Gasteiger partial charge in [-0.15, -0.1) is 0 Å². The van der Waals surface area contributed by atoms with Gasteiger partial charge in [0, 0.05) is 31.0 Å². The van der Waals surface area contributed by atoms with E-state index in [1.807, 2.05) is 0 Å². The number of hydrogen-bond acceptors (Lipinski definition) is 2.